The number of phenolic OH excluding ortho intramolecular Hbond substituents is 1. The second kappa shape index (κ2) is 9.79. The van der Waals surface area contributed by atoms with Gasteiger partial charge in [-0.25, -0.2) is 0 Å². The molecule has 2 aromatic rings. The molecule has 1 saturated heterocycles. The zero-order valence-corrected chi connectivity index (χ0v) is 17.8. The second-order valence-electron chi connectivity index (χ2n) is 8.53. The Morgan fingerprint density at radius 2 is 1.72 bits per heavy atom. The highest BCUT2D eigenvalue weighted by atomic mass is 16.3. The molecule has 3 N–H and O–H groups in total. The number of anilines is 1. The van der Waals surface area contributed by atoms with E-state index in [0.717, 1.165) is 43.9 Å². The van der Waals surface area contributed by atoms with Crippen LogP contribution in [-0.4, -0.2) is 43.7 Å². The maximum absolute atomic E-state index is 12.5. The van der Waals surface area contributed by atoms with Crippen molar-refractivity contribution >= 4 is 11.6 Å². The van der Waals surface area contributed by atoms with Crippen LogP contribution < -0.4 is 15.1 Å². The van der Waals surface area contributed by atoms with E-state index in [9.17, 15) is 9.90 Å². The van der Waals surface area contributed by atoms with Crippen LogP contribution in [0.25, 0.3) is 0 Å². The summed E-state index contributed by atoms with van der Waals surface area (Å²) in [6.45, 7) is 10.4. The SMILES string of the molecule is CC(C)Cc1ccc([C@@H](C)NC(=O)C[NH+]2CCN(c3ccccc3O)CC2)cc1. The van der Waals surface area contributed by atoms with E-state index >= 15 is 0 Å². The zero-order chi connectivity index (χ0) is 20.8. The Hall–Kier alpha value is -2.53. The lowest BCUT2D eigenvalue weighted by atomic mass is 10.00. The minimum atomic E-state index is 0.0116. The molecular formula is C24H34N3O2+. The Balaban J connectivity index is 1.45. The van der Waals surface area contributed by atoms with Gasteiger partial charge in [0.15, 0.2) is 6.54 Å². The average Bonchev–Trinajstić information content (AvgIpc) is 2.69. The van der Waals surface area contributed by atoms with Crippen molar-refractivity contribution in [2.24, 2.45) is 5.92 Å². The number of amides is 1. The number of rotatable bonds is 7. The third-order valence-electron chi connectivity index (χ3n) is 5.60. The predicted molar refractivity (Wildman–Crippen MR) is 117 cm³/mol. The molecule has 1 atom stereocenters. The fourth-order valence-corrected chi connectivity index (χ4v) is 3.99. The molecule has 1 heterocycles. The Labute approximate surface area is 174 Å². The zero-order valence-electron chi connectivity index (χ0n) is 17.8. The van der Waals surface area contributed by atoms with Gasteiger partial charge in [-0.05, 0) is 42.5 Å². The van der Waals surface area contributed by atoms with E-state index in [4.69, 9.17) is 0 Å². The van der Waals surface area contributed by atoms with Gasteiger partial charge in [-0.3, -0.25) is 4.79 Å². The van der Waals surface area contributed by atoms with E-state index in [2.05, 4.69) is 48.3 Å². The van der Waals surface area contributed by atoms with Crippen LogP contribution in [0.1, 0.15) is 37.9 Å². The summed E-state index contributed by atoms with van der Waals surface area (Å²) in [5, 5.41) is 13.2. The normalized spacial score (nSPS) is 16.1. The van der Waals surface area contributed by atoms with Gasteiger partial charge >= 0.3 is 0 Å². The van der Waals surface area contributed by atoms with E-state index in [0.29, 0.717) is 18.2 Å². The molecule has 5 heteroatoms. The molecule has 0 radical (unpaired) electrons. The molecule has 1 aliphatic rings. The van der Waals surface area contributed by atoms with Gasteiger partial charge in [-0.2, -0.15) is 0 Å². The largest absolute Gasteiger partial charge is 0.506 e. The summed E-state index contributed by atoms with van der Waals surface area (Å²) in [5.41, 5.74) is 3.37. The topological polar surface area (TPSA) is 57.0 Å². The van der Waals surface area contributed by atoms with Gasteiger partial charge < -0.3 is 20.2 Å². The molecule has 1 amide bonds. The number of carbonyl (C=O) groups is 1. The predicted octanol–water partition coefficient (Wildman–Crippen LogP) is 2.17. The number of aromatic hydroxyl groups is 1. The standard InChI is InChI=1S/C24H33N3O2/c1-18(2)16-20-8-10-21(11-9-20)19(3)25-24(29)17-26-12-14-27(15-13-26)22-6-4-5-7-23(22)28/h4-11,18-19,28H,12-17H2,1-3H3,(H,25,29)/p+1/t19-/m1/s1. The molecule has 0 unspecified atom stereocenters. The number of nitrogens with zero attached hydrogens (tertiary/aromatic N) is 1. The third-order valence-corrected chi connectivity index (χ3v) is 5.60. The second-order valence-corrected chi connectivity index (χ2v) is 8.53. The van der Waals surface area contributed by atoms with Crippen molar-refractivity contribution in [3.63, 3.8) is 0 Å². The first-order chi connectivity index (χ1) is 13.9. The van der Waals surface area contributed by atoms with Crippen molar-refractivity contribution < 1.29 is 14.8 Å². The van der Waals surface area contributed by atoms with Crippen molar-refractivity contribution in [1.29, 1.82) is 0 Å². The lowest BCUT2D eigenvalue weighted by molar-refractivity contribution is -0.892. The molecule has 0 bridgehead atoms. The minimum absolute atomic E-state index is 0.0116. The first-order valence-corrected chi connectivity index (χ1v) is 10.7. The average molecular weight is 397 g/mol. The number of carbonyl (C=O) groups excluding carboxylic acids is 1. The van der Waals surface area contributed by atoms with Crippen molar-refractivity contribution in [2.45, 2.75) is 33.2 Å². The highest BCUT2D eigenvalue weighted by molar-refractivity contribution is 5.77. The molecule has 1 aliphatic heterocycles. The summed E-state index contributed by atoms with van der Waals surface area (Å²) in [6, 6.07) is 16.0. The van der Waals surface area contributed by atoms with Crippen LogP contribution in [0, 0.1) is 5.92 Å². The number of nitrogens with one attached hydrogen (secondary N) is 2. The first-order valence-electron chi connectivity index (χ1n) is 10.7. The summed E-state index contributed by atoms with van der Waals surface area (Å²) in [5.74, 6) is 1.06. The van der Waals surface area contributed by atoms with Gasteiger partial charge in [0.2, 0.25) is 0 Å². The number of hydrogen-bond acceptors (Lipinski definition) is 3. The van der Waals surface area contributed by atoms with Crippen LogP contribution in [-0.2, 0) is 11.2 Å². The molecule has 156 valence electrons. The lowest BCUT2D eigenvalue weighted by Gasteiger charge is -2.33. The van der Waals surface area contributed by atoms with Crippen LogP contribution in [0.4, 0.5) is 5.69 Å². The number of para-hydroxylation sites is 2. The van der Waals surface area contributed by atoms with Gasteiger partial charge in [0.1, 0.15) is 5.75 Å². The molecule has 1 fully saturated rings. The summed E-state index contributed by atoms with van der Waals surface area (Å²) < 4.78 is 0. The maximum atomic E-state index is 12.5. The number of piperazine rings is 1. The molecule has 0 aliphatic carbocycles. The van der Waals surface area contributed by atoms with Crippen molar-refractivity contribution in [3.05, 3.63) is 59.7 Å². The van der Waals surface area contributed by atoms with Gasteiger partial charge in [-0.1, -0.05) is 50.2 Å². The molecule has 3 rings (SSSR count). The molecule has 0 spiro atoms. The van der Waals surface area contributed by atoms with Crippen LogP contribution in [0.3, 0.4) is 0 Å². The van der Waals surface area contributed by atoms with Gasteiger partial charge in [0.25, 0.3) is 5.91 Å². The molecule has 0 saturated carbocycles. The summed E-state index contributed by atoms with van der Waals surface area (Å²) in [7, 11) is 0. The first kappa shape index (κ1) is 21.2. The quantitative estimate of drug-likeness (QED) is 0.672. The highest BCUT2D eigenvalue weighted by Gasteiger charge is 2.24. The van der Waals surface area contributed by atoms with Crippen molar-refractivity contribution in [3.8, 4) is 5.75 Å². The van der Waals surface area contributed by atoms with Crippen LogP contribution in [0.2, 0.25) is 0 Å². The van der Waals surface area contributed by atoms with E-state index < -0.39 is 0 Å². The smallest absolute Gasteiger partial charge is 0.275 e. The van der Waals surface area contributed by atoms with E-state index in [1.54, 1.807) is 6.07 Å². The lowest BCUT2D eigenvalue weighted by Crippen LogP contribution is -3.15. The Kier molecular flexibility index (Phi) is 7.15. The fraction of sp³-hybridized carbons (Fsp3) is 0.458. The van der Waals surface area contributed by atoms with E-state index in [1.165, 1.54) is 10.5 Å². The van der Waals surface area contributed by atoms with Gasteiger partial charge in [0.05, 0.1) is 37.9 Å². The fourth-order valence-electron chi connectivity index (χ4n) is 3.99. The van der Waals surface area contributed by atoms with Crippen LogP contribution >= 0.6 is 0 Å². The number of hydrogen-bond donors (Lipinski definition) is 3. The van der Waals surface area contributed by atoms with E-state index in [1.807, 2.05) is 25.1 Å². The van der Waals surface area contributed by atoms with Crippen LogP contribution in [0.15, 0.2) is 48.5 Å². The van der Waals surface area contributed by atoms with Crippen molar-refractivity contribution in [1.82, 2.24) is 5.32 Å². The summed E-state index contributed by atoms with van der Waals surface area (Å²) >= 11 is 0. The number of phenols is 1. The Morgan fingerprint density at radius 3 is 2.34 bits per heavy atom. The molecule has 29 heavy (non-hydrogen) atoms. The molecule has 2 aromatic carbocycles. The molecule has 5 nitrogen and oxygen atoms in total. The monoisotopic (exact) mass is 396 g/mol. The number of benzene rings is 2. The third kappa shape index (κ3) is 5.97. The van der Waals surface area contributed by atoms with Crippen molar-refractivity contribution in [2.75, 3.05) is 37.6 Å². The Morgan fingerprint density at radius 1 is 1.07 bits per heavy atom. The van der Waals surface area contributed by atoms with E-state index in [-0.39, 0.29) is 11.9 Å². The molecular weight excluding hydrogens is 362 g/mol. The van der Waals surface area contributed by atoms with Gasteiger partial charge in [-0.15, -0.1) is 0 Å². The van der Waals surface area contributed by atoms with Gasteiger partial charge in [0, 0.05) is 0 Å². The molecule has 0 aromatic heterocycles. The summed E-state index contributed by atoms with van der Waals surface area (Å²) in [4.78, 5) is 16.0. The Bertz CT molecular complexity index is 796. The minimum Gasteiger partial charge on any atom is -0.506 e. The highest BCUT2D eigenvalue weighted by Crippen LogP contribution is 2.26. The summed E-state index contributed by atoms with van der Waals surface area (Å²) in [6.07, 6.45) is 1.08. The number of quaternary nitrogens is 1. The maximum Gasteiger partial charge on any atom is 0.275 e. The van der Waals surface area contributed by atoms with Crippen LogP contribution in [0.5, 0.6) is 5.75 Å².